The van der Waals surface area contributed by atoms with Gasteiger partial charge in [0.15, 0.2) is 11.5 Å². The molecule has 172 valence electrons. The number of methoxy groups -OCH3 is 2. The van der Waals surface area contributed by atoms with Crippen LogP contribution in [0.25, 0.3) is 6.08 Å². The van der Waals surface area contributed by atoms with E-state index in [4.69, 9.17) is 18.6 Å². The Bertz CT molecular complexity index is 1120. The van der Waals surface area contributed by atoms with Crippen LogP contribution < -0.4 is 24.8 Å². The first-order chi connectivity index (χ1) is 16.0. The molecule has 2 amide bonds. The fraction of sp³-hybridized carbons (Fsp3) is 0.200. The van der Waals surface area contributed by atoms with Crippen molar-refractivity contribution in [1.29, 1.82) is 0 Å². The zero-order valence-electron chi connectivity index (χ0n) is 18.7. The van der Waals surface area contributed by atoms with Crippen LogP contribution in [0, 0.1) is 6.92 Å². The average Bonchev–Trinajstić information content (AvgIpc) is 3.34. The Balaban J connectivity index is 1.67. The molecule has 8 nitrogen and oxygen atoms in total. The minimum Gasteiger partial charge on any atom is -0.493 e. The SMILES string of the molecule is COc1ccc(C(=O)N/C(=C\c2ccco2)C(=O)NCCOc2cccc(C)c2)cc1OC. The molecule has 0 unspecified atom stereocenters. The first-order valence-electron chi connectivity index (χ1n) is 10.3. The molecule has 3 aromatic rings. The lowest BCUT2D eigenvalue weighted by Crippen LogP contribution is -2.36. The van der Waals surface area contributed by atoms with Crippen LogP contribution in [0.15, 0.2) is 71.0 Å². The molecule has 0 atom stereocenters. The number of hydrogen-bond acceptors (Lipinski definition) is 6. The molecular weight excluding hydrogens is 424 g/mol. The van der Waals surface area contributed by atoms with E-state index < -0.39 is 11.8 Å². The number of nitrogens with one attached hydrogen (secondary N) is 2. The number of amides is 2. The monoisotopic (exact) mass is 450 g/mol. The number of carbonyl (C=O) groups is 2. The summed E-state index contributed by atoms with van der Waals surface area (Å²) in [7, 11) is 2.99. The molecule has 0 saturated heterocycles. The molecule has 0 saturated carbocycles. The second-order valence-corrected chi connectivity index (χ2v) is 7.02. The molecule has 33 heavy (non-hydrogen) atoms. The quantitative estimate of drug-likeness (QED) is 0.362. The lowest BCUT2D eigenvalue weighted by atomic mass is 10.1. The molecule has 0 spiro atoms. The fourth-order valence-corrected chi connectivity index (χ4v) is 2.98. The highest BCUT2D eigenvalue weighted by Crippen LogP contribution is 2.27. The van der Waals surface area contributed by atoms with E-state index in [9.17, 15) is 9.59 Å². The number of ether oxygens (including phenoxy) is 3. The highest BCUT2D eigenvalue weighted by Gasteiger charge is 2.17. The number of carbonyl (C=O) groups excluding carboxylic acids is 2. The van der Waals surface area contributed by atoms with Crippen LogP contribution in [0.2, 0.25) is 0 Å². The molecule has 0 bridgehead atoms. The summed E-state index contributed by atoms with van der Waals surface area (Å²) in [6.07, 6.45) is 2.93. The largest absolute Gasteiger partial charge is 0.493 e. The Kier molecular flexibility index (Phi) is 8.13. The standard InChI is InChI=1S/C25H26N2O6/c1-17-6-4-7-19(14-17)33-13-11-26-25(29)21(16-20-8-5-12-32-20)27-24(28)18-9-10-22(30-2)23(15-18)31-3/h4-10,12,14-16H,11,13H2,1-3H3,(H,26,29)(H,27,28)/b21-16-. The van der Waals surface area contributed by atoms with E-state index in [-0.39, 0.29) is 18.8 Å². The molecule has 0 fully saturated rings. The first kappa shape index (κ1) is 23.5. The van der Waals surface area contributed by atoms with Gasteiger partial charge >= 0.3 is 0 Å². The van der Waals surface area contributed by atoms with Crippen molar-refractivity contribution in [2.75, 3.05) is 27.4 Å². The summed E-state index contributed by atoms with van der Waals surface area (Å²) in [6, 6.07) is 15.7. The molecule has 0 aliphatic heterocycles. The molecule has 8 heteroatoms. The molecule has 3 rings (SSSR count). The van der Waals surface area contributed by atoms with E-state index in [1.165, 1.54) is 32.6 Å². The van der Waals surface area contributed by atoms with Gasteiger partial charge in [-0.1, -0.05) is 12.1 Å². The highest BCUT2D eigenvalue weighted by atomic mass is 16.5. The van der Waals surface area contributed by atoms with Crippen LogP contribution in [-0.2, 0) is 4.79 Å². The second-order valence-electron chi connectivity index (χ2n) is 7.02. The zero-order valence-corrected chi connectivity index (χ0v) is 18.7. The Hall–Kier alpha value is -4.20. The van der Waals surface area contributed by atoms with E-state index in [1.807, 2.05) is 31.2 Å². The van der Waals surface area contributed by atoms with Gasteiger partial charge in [-0.05, 0) is 55.0 Å². The van der Waals surface area contributed by atoms with Gasteiger partial charge in [-0.15, -0.1) is 0 Å². The lowest BCUT2D eigenvalue weighted by Gasteiger charge is -2.13. The lowest BCUT2D eigenvalue weighted by molar-refractivity contribution is -0.117. The van der Waals surface area contributed by atoms with Gasteiger partial charge in [0.1, 0.15) is 23.8 Å². The smallest absolute Gasteiger partial charge is 0.268 e. The molecule has 2 N–H and O–H groups in total. The maximum Gasteiger partial charge on any atom is 0.268 e. The summed E-state index contributed by atoms with van der Waals surface area (Å²) >= 11 is 0. The molecule has 1 heterocycles. The van der Waals surface area contributed by atoms with Gasteiger partial charge in [0.25, 0.3) is 11.8 Å². The van der Waals surface area contributed by atoms with Crippen molar-refractivity contribution >= 4 is 17.9 Å². The maximum absolute atomic E-state index is 12.8. The van der Waals surface area contributed by atoms with Crippen molar-refractivity contribution in [2.45, 2.75) is 6.92 Å². The molecule has 1 aromatic heterocycles. The van der Waals surface area contributed by atoms with Crippen molar-refractivity contribution in [1.82, 2.24) is 10.6 Å². The van der Waals surface area contributed by atoms with Crippen molar-refractivity contribution < 1.29 is 28.2 Å². The molecule has 0 aliphatic rings. The first-order valence-corrected chi connectivity index (χ1v) is 10.3. The van der Waals surface area contributed by atoms with Crippen LogP contribution in [-0.4, -0.2) is 39.2 Å². The molecule has 0 radical (unpaired) electrons. The van der Waals surface area contributed by atoms with Gasteiger partial charge in [0, 0.05) is 11.6 Å². The van der Waals surface area contributed by atoms with Crippen LogP contribution in [0.4, 0.5) is 0 Å². The molecular formula is C25H26N2O6. The summed E-state index contributed by atoms with van der Waals surface area (Å²) < 4.78 is 21.4. The molecule has 0 aliphatic carbocycles. The fourth-order valence-electron chi connectivity index (χ4n) is 2.98. The minimum absolute atomic E-state index is 0.0280. The Labute approximate surface area is 192 Å². The Morgan fingerprint density at radius 1 is 1.00 bits per heavy atom. The van der Waals surface area contributed by atoms with Crippen LogP contribution >= 0.6 is 0 Å². The van der Waals surface area contributed by atoms with Gasteiger partial charge in [-0.3, -0.25) is 9.59 Å². The topological polar surface area (TPSA) is 99.0 Å². The number of hydrogen-bond donors (Lipinski definition) is 2. The summed E-state index contributed by atoms with van der Waals surface area (Å²) in [5.41, 5.74) is 1.41. The summed E-state index contributed by atoms with van der Waals surface area (Å²) in [4.78, 5) is 25.6. The number of benzene rings is 2. The predicted molar refractivity (Wildman–Crippen MR) is 123 cm³/mol. The van der Waals surface area contributed by atoms with Gasteiger partial charge in [-0.2, -0.15) is 0 Å². The van der Waals surface area contributed by atoms with E-state index >= 15 is 0 Å². The zero-order chi connectivity index (χ0) is 23.6. The highest BCUT2D eigenvalue weighted by molar-refractivity contribution is 6.05. The maximum atomic E-state index is 12.8. The van der Waals surface area contributed by atoms with Crippen LogP contribution in [0.5, 0.6) is 17.2 Å². The van der Waals surface area contributed by atoms with Crippen molar-refractivity contribution in [3.63, 3.8) is 0 Å². The van der Waals surface area contributed by atoms with Gasteiger partial charge in [0.05, 0.1) is 27.0 Å². The minimum atomic E-state index is -0.486. The summed E-state index contributed by atoms with van der Waals surface area (Å²) in [5.74, 6) is 1.07. The second kappa shape index (κ2) is 11.4. The Morgan fingerprint density at radius 2 is 1.82 bits per heavy atom. The van der Waals surface area contributed by atoms with Crippen LogP contribution in [0.1, 0.15) is 21.7 Å². The van der Waals surface area contributed by atoms with Crippen molar-refractivity contribution in [3.05, 3.63) is 83.4 Å². The number of rotatable bonds is 10. The Morgan fingerprint density at radius 3 is 2.52 bits per heavy atom. The van der Waals surface area contributed by atoms with Gasteiger partial charge in [0.2, 0.25) is 0 Å². The molecule has 2 aromatic carbocycles. The normalized spacial score (nSPS) is 10.9. The average molecular weight is 450 g/mol. The van der Waals surface area contributed by atoms with E-state index in [2.05, 4.69) is 10.6 Å². The number of aryl methyl sites for hydroxylation is 1. The van der Waals surface area contributed by atoms with E-state index in [0.717, 1.165) is 11.3 Å². The summed E-state index contributed by atoms with van der Waals surface area (Å²) in [6.45, 7) is 2.49. The van der Waals surface area contributed by atoms with Gasteiger partial charge in [-0.25, -0.2) is 0 Å². The van der Waals surface area contributed by atoms with Crippen LogP contribution in [0.3, 0.4) is 0 Å². The van der Waals surface area contributed by atoms with Crippen molar-refractivity contribution in [3.8, 4) is 17.2 Å². The number of furan rings is 1. The third kappa shape index (κ3) is 6.64. The van der Waals surface area contributed by atoms with Crippen molar-refractivity contribution in [2.24, 2.45) is 0 Å². The predicted octanol–water partition coefficient (Wildman–Crippen LogP) is 3.57. The van der Waals surface area contributed by atoms with E-state index in [0.29, 0.717) is 22.8 Å². The third-order valence-corrected chi connectivity index (χ3v) is 4.61. The van der Waals surface area contributed by atoms with Gasteiger partial charge < -0.3 is 29.3 Å². The third-order valence-electron chi connectivity index (χ3n) is 4.61. The van der Waals surface area contributed by atoms with E-state index in [1.54, 1.807) is 24.3 Å². The summed E-state index contributed by atoms with van der Waals surface area (Å²) in [5, 5.41) is 5.38.